The number of fused-ring (bicyclic) bond motifs is 1. The van der Waals surface area contributed by atoms with Crippen LogP contribution in [0, 0.1) is 0 Å². The van der Waals surface area contributed by atoms with E-state index in [-0.39, 0.29) is 0 Å². The summed E-state index contributed by atoms with van der Waals surface area (Å²) >= 11 is 0. The molecule has 3 rings (SSSR count). The van der Waals surface area contributed by atoms with Crippen LogP contribution in [-0.2, 0) is 6.42 Å². The molecule has 1 aliphatic carbocycles. The Morgan fingerprint density at radius 3 is 2.41 bits per heavy atom. The van der Waals surface area contributed by atoms with E-state index in [0.29, 0.717) is 5.92 Å². The Bertz CT molecular complexity index is 537. The molecule has 0 heterocycles. The molecule has 0 aromatic heterocycles. The first-order chi connectivity index (χ1) is 8.36. The third-order valence-electron chi connectivity index (χ3n) is 3.69. The van der Waals surface area contributed by atoms with Crippen molar-refractivity contribution in [3.8, 4) is 0 Å². The minimum Gasteiger partial charge on any atom is -0.0946 e. The van der Waals surface area contributed by atoms with E-state index in [4.69, 9.17) is 0 Å². The van der Waals surface area contributed by atoms with Gasteiger partial charge in [0.25, 0.3) is 0 Å². The van der Waals surface area contributed by atoms with Crippen molar-refractivity contribution >= 4 is 5.57 Å². The molecule has 0 saturated carbocycles. The minimum atomic E-state index is 0.492. The zero-order valence-electron chi connectivity index (χ0n) is 9.89. The molecule has 0 nitrogen and oxygen atoms in total. The molecule has 0 fully saturated rings. The smallest absolute Gasteiger partial charge is 0.00926 e. The molecule has 17 heavy (non-hydrogen) atoms. The maximum atomic E-state index is 4.31. The third-order valence-corrected chi connectivity index (χ3v) is 3.69. The summed E-state index contributed by atoms with van der Waals surface area (Å²) in [5.41, 5.74) is 5.47. The molecule has 0 radical (unpaired) electrons. The second-order valence-corrected chi connectivity index (χ2v) is 4.68. The predicted octanol–water partition coefficient (Wildman–Crippen LogP) is 4.43. The van der Waals surface area contributed by atoms with Gasteiger partial charge < -0.3 is 0 Å². The van der Waals surface area contributed by atoms with Gasteiger partial charge in [-0.3, -0.25) is 0 Å². The SMILES string of the molecule is C=C1c2ccccc2CC[C@H]1c1ccccc1. The fourth-order valence-corrected chi connectivity index (χ4v) is 2.77. The van der Waals surface area contributed by atoms with Crippen LogP contribution in [0.15, 0.2) is 61.2 Å². The Labute approximate surface area is 103 Å². The zero-order valence-corrected chi connectivity index (χ0v) is 9.89. The van der Waals surface area contributed by atoms with Crippen molar-refractivity contribution < 1.29 is 0 Å². The topological polar surface area (TPSA) is 0 Å². The highest BCUT2D eigenvalue weighted by Gasteiger charge is 2.22. The molecular weight excluding hydrogens is 204 g/mol. The maximum absolute atomic E-state index is 4.31. The summed E-state index contributed by atoms with van der Waals surface area (Å²) in [6.45, 7) is 4.31. The van der Waals surface area contributed by atoms with Crippen LogP contribution < -0.4 is 0 Å². The van der Waals surface area contributed by atoms with Crippen molar-refractivity contribution in [2.24, 2.45) is 0 Å². The lowest BCUT2D eigenvalue weighted by Crippen LogP contribution is -2.10. The molecular formula is C17H16. The van der Waals surface area contributed by atoms with Crippen molar-refractivity contribution in [3.05, 3.63) is 77.9 Å². The fourth-order valence-electron chi connectivity index (χ4n) is 2.77. The molecule has 0 bridgehead atoms. The first-order valence-corrected chi connectivity index (χ1v) is 6.18. The van der Waals surface area contributed by atoms with E-state index in [0.717, 1.165) is 6.42 Å². The van der Waals surface area contributed by atoms with Crippen molar-refractivity contribution in [1.29, 1.82) is 0 Å². The number of hydrogen-bond donors (Lipinski definition) is 0. The Morgan fingerprint density at radius 1 is 0.882 bits per heavy atom. The summed E-state index contributed by atoms with van der Waals surface area (Å²) in [6.07, 6.45) is 2.34. The van der Waals surface area contributed by atoms with Gasteiger partial charge in [0.05, 0.1) is 0 Å². The van der Waals surface area contributed by atoms with E-state index >= 15 is 0 Å². The number of benzene rings is 2. The van der Waals surface area contributed by atoms with Crippen LogP contribution in [0.25, 0.3) is 5.57 Å². The molecule has 1 atom stereocenters. The van der Waals surface area contributed by atoms with E-state index in [1.165, 1.54) is 28.7 Å². The first-order valence-electron chi connectivity index (χ1n) is 6.18. The predicted molar refractivity (Wildman–Crippen MR) is 73.0 cm³/mol. The average Bonchev–Trinajstić information content (AvgIpc) is 2.40. The Balaban J connectivity index is 2.00. The highest BCUT2D eigenvalue weighted by molar-refractivity contribution is 5.73. The standard InChI is InChI=1S/C17H16/c1-13-16-10-6-5-9-15(16)11-12-17(13)14-7-3-2-4-8-14/h2-10,17H,1,11-12H2/t17-/m1/s1. The molecule has 0 unspecified atom stereocenters. The molecule has 0 aliphatic heterocycles. The molecule has 0 heteroatoms. The quantitative estimate of drug-likeness (QED) is 0.667. The molecule has 2 aromatic carbocycles. The normalized spacial score (nSPS) is 18.8. The second kappa shape index (κ2) is 4.21. The van der Waals surface area contributed by atoms with E-state index < -0.39 is 0 Å². The van der Waals surface area contributed by atoms with E-state index in [1.54, 1.807) is 0 Å². The lowest BCUT2D eigenvalue weighted by molar-refractivity contribution is 0.725. The summed E-state index contributed by atoms with van der Waals surface area (Å²) < 4.78 is 0. The lowest BCUT2D eigenvalue weighted by atomic mass is 9.77. The van der Waals surface area contributed by atoms with Crippen LogP contribution in [0.5, 0.6) is 0 Å². The van der Waals surface area contributed by atoms with Gasteiger partial charge in [-0.25, -0.2) is 0 Å². The van der Waals surface area contributed by atoms with E-state index in [9.17, 15) is 0 Å². The van der Waals surface area contributed by atoms with Gasteiger partial charge >= 0.3 is 0 Å². The largest absolute Gasteiger partial charge is 0.0946 e. The molecule has 2 aromatic rings. The van der Waals surface area contributed by atoms with Gasteiger partial charge in [0.2, 0.25) is 0 Å². The van der Waals surface area contributed by atoms with Crippen LogP contribution in [-0.4, -0.2) is 0 Å². The van der Waals surface area contributed by atoms with Gasteiger partial charge in [-0.05, 0) is 35.1 Å². The van der Waals surface area contributed by atoms with Crippen molar-refractivity contribution in [1.82, 2.24) is 0 Å². The highest BCUT2D eigenvalue weighted by atomic mass is 14.3. The molecule has 0 amide bonds. The van der Waals surface area contributed by atoms with Gasteiger partial charge in [-0.1, -0.05) is 61.2 Å². The Hall–Kier alpha value is -1.82. The van der Waals surface area contributed by atoms with Crippen LogP contribution in [0.4, 0.5) is 0 Å². The van der Waals surface area contributed by atoms with Crippen molar-refractivity contribution in [2.45, 2.75) is 18.8 Å². The van der Waals surface area contributed by atoms with Gasteiger partial charge in [0.1, 0.15) is 0 Å². The minimum absolute atomic E-state index is 0.492. The number of hydrogen-bond acceptors (Lipinski definition) is 0. The zero-order chi connectivity index (χ0) is 11.7. The summed E-state index contributed by atoms with van der Waals surface area (Å²) in [7, 11) is 0. The van der Waals surface area contributed by atoms with Crippen molar-refractivity contribution in [2.75, 3.05) is 0 Å². The van der Waals surface area contributed by atoms with Crippen LogP contribution in [0.3, 0.4) is 0 Å². The lowest BCUT2D eigenvalue weighted by Gasteiger charge is -2.27. The van der Waals surface area contributed by atoms with Gasteiger partial charge in [0, 0.05) is 5.92 Å². The van der Waals surface area contributed by atoms with E-state index in [2.05, 4.69) is 61.2 Å². The fraction of sp³-hybridized carbons (Fsp3) is 0.176. The second-order valence-electron chi connectivity index (χ2n) is 4.68. The number of aryl methyl sites for hydroxylation is 1. The van der Waals surface area contributed by atoms with E-state index in [1.807, 2.05) is 0 Å². The number of allylic oxidation sites excluding steroid dienone is 1. The summed E-state index contributed by atoms with van der Waals surface area (Å²) in [5.74, 6) is 0.492. The molecule has 1 aliphatic rings. The molecule has 0 spiro atoms. The summed E-state index contributed by atoms with van der Waals surface area (Å²) in [5, 5.41) is 0. The van der Waals surface area contributed by atoms with Gasteiger partial charge in [0.15, 0.2) is 0 Å². The highest BCUT2D eigenvalue weighted by Crippen LogP contribution is 2.40. The Kier molecular flexibility index (Phi) is 2.56. The molecule has 0 N–H and O–H groups in total. The third kappa shape index (κ3) is 1.80. The van der Waals surface area contributed by atoms with Gasteiger partial charge in [-0.2, -0.15) is 0 Å². The Morgan fingerprint density at radius 2 is 1.59 bits per heavy atom. The van der Waals surface area contributed by atoms with Crippen LogP contribution >= 0.6 is 0 Å². The molecule has 84 valence electrons. The first kappa shape index (κ1) is 10.3. The van der Waals surface area contributed by atoms with Gasteiger partial charge in [-0.15, -0.1) is 0 Å². The molecule has 0 saturated heterocycles. The monoisotopic (exact) mass is 220 g/mol. The van der Waals surface area contributed by atoms with Crippen LogP contribution in [0.2, 0.25) is 0 Å². The number of rotatable bonds is 1. The average molecular weight is 220 g/mol. The van der Waals surface area contributed by atoms with Crippen LogP contribution in [0.1, 0.15) is 29.0 Å². The summed E-state index contributed by atoms with van der Waals surface area (Å²) in [4.78, 5) is 0. The summed E-state index contributed by atoms with van der Waals surface area (Å²) in [6, 6.07) is 19.4. The van der Waals surface area contributed by atoms with Crippen molar-refractivity contribution in [3.63, 3.8) is 0 Å². The maximum Gasteiger partial charge on any atom is 0.00926 e.